The van der Waals surface area contributed by atoms with Crippen LogP contribution in [0.2, 0.25) is 0 Å². The van der Waals surface area contributed by atoms with Crippen molar-refractivity contribution >= 4 is 5.91 Å². The van der Waals surface area contributed by atoms with Gasteiger partial charge in [-0.25, -0.2) is 0 Å². The highest BCUT2D eigenvalue weighted by atomic mass is 16.1. The zero-order valence-corrected chi connectivity index (χ0v) is 13.2. The van der Waals surface area contributed by atoms with Crippen molar-refractivity contribution in [3.05, 3.63) is 70.8 Å². The molecular weight excluding hydrogens is 258 g/mol. The predicted molar refractivity (Wildman–Crippen MR) is 87.2 cm³/mol. The SMILES string of the molecule is Cc1ccc([C@@H](NC(=O)C(C)C)c2ccccc2)c(C)c1. The van der Waals surface area contributed by atoms with E-state index < -0.39 is 0 Å². The molecule has 0 spiro atoms. The van der Waals surface area contributed by atoms with Crippen molar-refractivity contribution in [2.75, 3.05) is 0 Å². The highest BCUT2D eigenvalue weighted by Crippen LogP contribution is 2.26. The molecule has 1 amide bonds. The molecule has 0 radical (unpaired) electrons. The van der Waals surface area contributed by atoms with E-state index >= 15 is 0 Å². The Labute approximate surface area is 127 Å². The van der Waals surface area contributed by atoms with Gasteiger partial charge < -0.3 is 5.32 Å². The molecule has 2 aromatic carbocycles. The first-order valence-corrected chi connectivity index (χ1v) is 7.41. The topological polar surface area (TPSA) is 29.1 Å². The van der Waals surface area contributed by atoms with Crippen molar-refractivity contribution in [3.8, 4) is 0 Å². The number of carbonyl (C=O) groups is 1. The van der Waals surface area contributed by atoms with E-state index in [0.29, 0.717) is 0 Å². The van der Waals surface area contributed by atoms with E-state index in [9.17, 15) is 4.79 Å². The molecule has 0 aromatic heterocycles. The lowest BCUT2D eigenvalue weighted by Crippen LogP contribution is -2.32. The molecule has 2 heteroatoms. The second-order valence-corrected chi connectivity index (χ2v) is 5.87. The lowest BCUT2D eigenvalue weighted by molar-refractivity contribution is -0.124. The second-order valence-electron chi connectivity index (χ2n) is 5.87. The molecule has 0 saturated carbocycles. The van der Waals surface area contributed by atoms with Crippen LogP contribution in [-0.2, 0) is 4.79 Å². The van der Waals surface area contributed by atoms with Crippen LogP contribution in [-0.4, -0.2) is 5.91 Å². The molecule has 1 atom stereocenters. The number of rotatable bonds is 4. The van der Waals surface area contributed by atoms with Crippen molar-refractivity contribution in [1.29, 1.82) is 0 Å². The molecular formula is C19H23NO. The third kappa shape index (κ3) is 3.72. The summed E-state index contributed by atoms with van der Waals surface area (Å²) in [6.45, 7) is 8.01. The Balaban J connectivity index is 2.43. The summed E-state index contributed by atoms with van der Waals surface area (Å²) in [7, 11) is 0. The van der Waals surface area contributed by atoms with Gasteiger partial charge in [-0.15, -0.1) is 0 Å². The van der Waals surface area contributed by atoms with Gasteiger partial charge in [0.15, 0.2) is 0 Å². The van der Waals surface area contributed by atoms with Crippen LogP contribution in [0.3, 0.4) is 0 Å². The van der Waals surface area contributed by atoms with Crippen LogP contribution in [0.25, 0.3) is 0 Å². The van der Waals surface area contributed by atoms with Gasteiger partial charge in [-0.1, -0.05) is 67.9 Å². The van der Waals surface area contributed by atoms with Crippen molar-refractivity contribution in [2.45, 2.75) is 33.7 Å². The van der Waals surface area contributed by atoms with E-state index in [2.05, 4.69) is 49.5 Å². The molecule has 2 nitrogen and oxygen atoms in total. The Morgan fingerprint density at radius 1 is 1.00 bits per heavy atom. The minimum Gasteiger partial charge on any atom is -0.345 e. The predicted octanol–water partition coefficient (Wildman–Crippen LogP) is 4.17. The van der Waals surface area contributed by atoms with Gasteiger partial charge in [-0.3, -0.25) is 4.79 Å². The third-order valence-corrected chi connectivity index (χ3v) is 3.68. The summed E-state index contributed by atoms with van der Waals surface area (Å²) in [5.74, 6) is 0.0470. The number of hydrogen-bond acceptors (Lipinski definition) is 1. The van der Waals surface area contributed by atoms with Crippen LogP contribution in [0.15, 0.2) is 48.5 Å². The molecule has 0 aliphatic carbocycles. The fraction of sp³-hybridized carbons (Fsp3) is 0.316. The summed E-state index contributed by atoms with van der Waals surface area (Å²) < 4.78 is 0. The second kappa shape index (κ2) is 6.57. The number of hydrogen-bond donors (Lipinski definition) is 1. The maximum atomic E-state index is 12.2. The fourth-order valence-electron chi connectivity index (χ4n) is 2.44. The largest absolute Gasteiger partial charge is 0.345 e. The van der Waals surface area contributed by atoms with E-state index in [4.69, 9.17) is 0 Å². The first-order chi connectivity index (χ1) is 9.99. The maximum absolute atomic E-state index is 12.2. The molecule has 21 heavy (non-hydrogen) atoms. The molecule has 110 valence electrons. The minimum atomic E-state index is -0.0956. The summed E-state index contributed by atoms with van der Waals surface area (Å²) >= 11 is 0. The van der Waals surface area contributed by atoms with Crippen LogP contribution >= 0.6 is 0 Å². The lowest BCUT2D eigenvalue weighted by atomic mass is 9.93. The Bertz CT molecular complexity index is 617. The van der Waals surface area contributed by atoms with Crippen LogP contribution < -0.4 is 5.32 Å². The average Bonchev–Trinajstić information content (AvgIpc) is 2.46. The number of nitrogens with one attached hydrogen (secondary N) is 1. The van der Waals surface area contributed by atoms with Gasteiger partial charge in [0.1, 0.15) is 0 Å². The van der Waals surface area contributed by atoms with E-state index in [1.165, 1.54) is 11.1 Å². The van der Waals surface area contributed by atoms with Crippen LogP contribution in [0.4, 0.5) is 0 Å². The molecule has 0 unspecified atom stereocenters. The summed E-state index contributed by atoms with van der Waals surface area (Å²) in [6.07, 6.45) is 0. The van der Waals surface area contributed by atoms with E-state index in [1.54, 1.807) is 0 Å². The number of carbonyl (C=O) groups excluding carboxylic acids is 1. The number of aryl methyl sites for hydroxylation is 2. The van der Waals surface area contributed by atoms with Crippen LogP contribution in [0.1, 0.15) is 42.1 Å². The molecule has 0 saturated heterocycles. The summed E-state index contributed by atoms with van der Waals surface area (Å²) in [4.78, 5) is 12.2. The minimum absolute atomic E-state index is 0.0260. The van der Waals surface area contributed by atoms with Crippen molar-refractivity contribution < 1.29 is 4.79 Å². The zero-order valence-electron chi connectivity index (χ0n) is 13.2. The van der Waals surface area contributed by atoms with E-state index in [-0.39, 0.29) is 17.9 Å². The van der Waals surface area contributed by atoms with Crippen LogP contribution in [0, 0.1) is 19.8 Å². The van der Waals surface area contributed by atoms with Crippen molar-refractivity contribution in [2.24, 2.45) is 5.92 Å². The smallest absolute Gasteiger partial charge is 0.223 e. The Morgan fingerprint density at radius 3 is 2.24 bits per heavy atom. The Hall–Kier alpha value is -2.09. The number of amides is 1. The molecule has 0 heterocycles. The molecule has 0 bridgehead atoms. The average molecular weight is 281 g/mol. The molecule has 0 aliphatic heterocycles. The molecule has 0 fully saturated rings. The van der Waals surface area contributed by atoms with Crippen molar-refractivity contribution in [1.82, 2.24) is 5.32 Å². The van der Waals surface area contributed by atoms with Gasteiger partial charge in [0.2, 0.25) is 5.91 Å². The quantitative estimate of drug-likeness (QED) is 0.895. The maximum Gasteiger partial charge on any atom is 0.223 e. The van der Waals surface area contributed by atoms with Crippen LogP contribution in [0.5, 0.6) is 0 Å². The van der Waals surface area contributed by atoms with Gasteiger partial charge in [0.25, 0.3) is 0 Å². The molecule has 2 rings (SSSR count). The van der Waals surface area contributed by atoms with Gasteiger partial charge >= 0.3 is 0 Å². The van der Waals surface area contributed by atoms with Gasteiger partial charge in [0.05, 0.1) is 6.04 Å². The zero-order chi connectivity index (χ0) is 15.4. The van der Waals surface area contributed by atoms with E-state index in [0.717, 1.165) is 11.1 Å². The molecule has 1 N–H and O–H groups in total. The van der Waals surface area contributed by atoms with E-state index in [1.807, 2.05) is 32.0 Å². The van der Waals surface area contributed by atoms with Gasteiger partial charge in [-0.05, 0) is 30.5 Å². The highest BCUT2D eigenvalue weighted by Gasteiger charge is 2.19. The first kappa shape index (κ1) is 15.3. The molecule has 0 aliphatic rings. The van der Waals surface area contributed by atoms with Gasteiger partial charge in [0, 0.05) is 5.92 Å². The highest BCUT2D eigenvalue weighted by molar-refractivity contribution is 5.79. The first-order valence-electron chi connectivity index (χ1n) is 7.41. The third-order valence-electron chi connectivity index (χ3n) is 3.68. The normalized spacial score (nSPS) is 12.2. The fourth-order valence-corrected chi connectivity index (χ4v) is 2.44. The lowest BCUT2D eigenvalue weighted by Gasteiger charge is -2.23. The monoisotopic (exact) mass is 281 g/mol. The number of benzene rings is 2. The van der Waals surface area contributed by atoms with Gasteiger partial charge in [-0.2, -0.15) is 0 Å². The molecule has 2 aromatic rings. The Kier molecular flexibility index (Phi) is 4.79. The summed E-state index contributed by atoms with van der Waals surface area (Å²) in [5.41, 5.74) is 4.70. The standard InChI is InChI=1S/C19H23NO/c1-13(2)19(21)20-18(16-8-6-5-7-9-16)17-11-10-14(3)12-15(17)4/h5-13,18H,1-4H3,(H,20,21)/t18-/m0/s1. The summed E-state index contributed by atoms with van der Waals surface area (Å²) in [6, 6.07) is 16.4. The van der Waals surface area contributed by atoms with Crippen molar-refractivity contribution in [3.63, 3.8) is 0 Å². The summed E-state index contributed by atoms with van der Waals surface area (Å²) in [5, 5.41) is 3.17. The Morgan fingerprint density at radius 2 is 1.67 bits per heavy atom.